The van der Waals surface area contributed by atoms with Gasteiger partial charge in [-0.1, -0.05) is 11.8 Å². The van der Waals surface area contributed by atoms with Crippen LogP contribution in [-0.4, -0.2) is 33.2 Å². The number of carbonyl (C=O) groups excluding carboxylic acids is 1. The smallest absolute Gasteiger partial charge is 0.261 e. The standard InChI is InChI=1S/C11H15N3O3S2/c1-8-7-10(18-9(8)3-2-4-12)11(15)14-5-6-19(13,16)17/h7H,4-6,12H2,1H3,(H,14,15)(H2,13,16,17). The predicted molar refractivity (Wildman–Crippen MR) is 75.3 cm³/mol. The molecule has 1 aromatic rings. The second-order valence-electron chi connectivity index (χ2n) is 3.75. The van der Waals surface area contributed by atoms with Crippen molar-refractivity contribution in [3.8, 4) is 11.8 Å². The van der Waals surface area contributed by atoms with Gasteiger partial charge in [-0.2, -0.15) is 0 Å². The van der Waals surface area contributed by atoms with Crippen LogP contribution >= 0.6 is 11.3 Å². The molecule has 0 saturated heterocycles. The average molecular weight is 301 g/mol. The predicted octanol–water partition coefficient (Wildman–Crippen LogP) is -0.615. The zero-order valence-electron chi connectivity index (χ0n) is 10.4. The van der Waals surface area contributed by atoms with Crippen molar-refractivity contribution in [2.75, 3.05) is 18.8 Å². The Morgan fingerprint density at radius 2 is 2.21 bits per heavy atom. The van der Waals surface area contributed by atoms with Gasteiger partial charge in [0.15, 0.2) is 0 Å². The molecule has 6 nitrogen and oxygen atoms in total. The van der Waals surface area contributed by atoms with Gasteiger partial charge in [0, 0.05) is 6.54 Å². The summed E-state index contributed by atoms with van der Waals surface area (Å²) in [6, 6.07) is 1.71. The summed E-state index contributed by atoms with van der Waals surface area (Å²) in [5.74, 6) is 4.97. The van der Waals surface area contributed by atoms with Gasteiger partial charge in [-0.25, -0.2) is 13.6 Å². The van der Waals surface area contributed by atoms with Crippen LogP contribution in [0.1, 0.15) is 20.1 Å². The van der Waals surface area contributed by atoms with E-state index in [2.05, 4.69) is 17.2 Å². The molecule has 1 aromatic heterocycles. The van der Waals surface area contributed by atoms with Crippen LogP contribution in [0, 0.1) is 18.8 Å². The normalized spacial score (nSPS) is 10.7. The van der Waals surface area contributed by atoms with E-state index in [9.17, 15) is 13.2 Å². The molecule has 0 bridgehead atoms. The number of carbonyl (C=O) groups is 1. The third-order valence-corrected chi connectivity index (χ3v) is 4.04. The van der Waals surface area contributed by atoms with Crippen molar-refractivity contribution in [2.45, 2.75) is 6.92 Å². The van der Waals surface area contributed by atoms with Crippen molar-refractivity contribution in [3.63, 3.8) is 0 Å². The summed E-state index contributed by atoms with van der Waals surface area (Å²) in [4.78, 5) is 13.0. The lowest BCUT2D eigenvalue weighted by molar-refractivity contribution is 0.0960. The van der Waals surface area contributed by atoms with Crippen molar-refractivity contribution >= 4 is 27.3 Å². The van der Waals surface area contributed by atoms with E-state index in [-0.39, 0.29) is 24.7 Å². The summed E-state index contributed by atoms with van der Waals surface area (Å²) in [7, 11) is -3.56. The Morgan fingerprint density at radius 3 is 2.79 bits per heavy atom. The molecule has 0 saturated carbocycles. The molecule has 19 heavy (non-hydrogen) atoms. The Morgan fingerprint density at radius 1 is 1.53 bits per heavy atom. The molecule has 1 heterocycles. The van der Waals surface area contributed by atoms with E-state index in [0.717, 1.165) is 10.4 Å². The average Bonchev–Trinajstić information content (AvgIpc) is 2.66. The highest BCUT2D eigenvalue weighted by Gasteiger charge is 2.12. The van der Waals surface area contributed by atoms with Crippen molar-refractivity contribution in [1.29, 1.82) is 0 Å². The quantitative estimate of drug-likeness (QED) is 0.643. The summed E-state index contributed by atoms with van der Waals surface area (Å²) in [5.41, 5.74) is 6.17. The lowest BCUT2D eigenvalue weighted by Crippen LogP contribution is -2.31. The van der Waals surface area contributed by atoms with Gasteiger partial charge in [-0.3, -0.25) is 4.79 Å². The van der Waals surface area contributed by atoms with Gasteiger partial charge < -0.3 is 11.1 Å². The Hall–Kier alpha value is -1.40. The molecule has 0 atom stereocenters. The van der Waals surface area contributed by atoms with Gasteiger partial charge in [-0.05, 0) is 18.6 Å². The van der Waals surface area contributed by atoms with E-state index in [1.807, 2.05) is 6.92 Å². The molecule has 8 heteroatoms. The van der Waals surface area contributed by atoms with Crippen LogP contribution in [0.3, 0.4) is 0 Å². The lowest BCUT2D eigenvalue weighted by atomic mass is 10.2. The van der Waals surface area contributed by atoms with Crippen LogP contribution in [0.15, 0.2) is 6.07 Å². The van der Waals surface area contributed by atoms with E-state index < -0.39 is 10.0 Å². The first-order valence-electron chi connectivity index (χ1n) is 5.41. The van der Waals surface area contributed by atoms with Crippen LogP contribution in [0.2, 0.25) is 0 Å². The van der Waals surface area contributed by atoms with Gasteiger partial charge in [0.25, 0.3) is 5.91 Å². The molecule has 0 radical (unpaired) electrons. The topological polar surface area (TPSA) is 115 Å². The summed E-state index contributed by atoms with van der Waals surface area (Å²) in [6.07, 6.45) is 0. The molecule has 0 fully saturated rings. The van der Waals surface area contributed by atoms with E-state index in [1.165, 1.54) is 11.3 Å². The minimum absolute atomic E-state index is 0.0155. The molecule has 0 aliphatic rings. The number of primary sulfonamides is 1. The van der Waals surface area contributed by atoms with Gasteiger partial charge in [0.1, 0.15) is 0 Å². The molecule has 0 unspecified atom stereocenters. The number of hydrogen-bond acceptors (Lipinski definition) is 5. The zero-order valence-corrected chi connectivity index (χ0v) is 12.0. The fourth-order valence-corrected chi connectivity index (χ4v) is 2.59. The monoisotopic (exact) mass is 301 g/mol. The Bertz CT molecular complexity index is 623. The molecular formula is C11H15N3O3S2. The fraction of sp³-hybridized carbons (Fsp3) is 0.364. The number of amides is 1. The number of nitrogens with one attached hydrogen (secondary N) is 1. The highest BCUT2D eigenvalue weighted by molar-refractivity contribution is 7.89. The van der Waals surface area contributed by atoms with Crippen molar-refractivity contribution in [3.05, 3.63) is 21.4 Å². The number of thiophene rings is 1. The second-order valence-corrected chi connectivity index (χ2v) is 6.54. The van der Waals surface area contributed by atoms with Crippen molar-refractivity contribution in [2.24, 2.45) is 10.9 Å². The van der Waals surface area contributed by atoms with Gasteiger partial charge in [-0.15, -0.1) is 11.3 Å². The van der Waals surface area contributed by atoms with E-state index in [0.29, 0.717) is 4.88 Å². The van der Waals surface area contributed by atoms with Gasteiger partial charge in [0.2, 0.25) is 10.0 Å². The first-order valence-corrected chi connectivity index (χ1v) is 7.94. The number of sulfonamides is 1. The molecule has 0 spiro atoms. The first-order chi connectivity index (χ1) is 8.83. The fourth-order valence-electron chi connectivity index (χ4n) is 1.24. The maximum absolute atomic E-state index is 11.8. The lowest BCUT2D eigenvalue weighted by Gasteiger charge is -2.01. The third kappa shape index (κ3) is 5.40. The van der Waals surface area contributed by atoms with Crippen LogP contribution in [0.4, 0.5) is 0 Å². The molecule has 1 amide bonds. The third-order valence-electron chi connectivity index (χ3n) is 2.12. The number of hydrogen-bond donors (Lipinski definition) is 3. The first kappa shape index (κ1) is 15.7. The van der Waals surface area contributed by atoms with E-state index in [1.54, 1.807) is 6.07 Å². The minimum Gasteiger partial charge on any atom is -0.350 e. The van der Waals surface area contributed by atoms with Crippen molar-refractivity contribution < 1.29 is 13.2 Å². The Balaban J connectivity index is 2.68. The van der Waals surface area contributed by atoms with Crippen LogP contribution in [0.25, 0.3) is 0 Å². The highest BCUT2D eigenvalue weighted by atomic mass is 32.2. The largest absolute Gasteiger partial charge is 0.350 e. The molecule has 104 valence electrons. The van der Waals surface area contributed by atoms with Gasteiger partial charge in [0.05, 0.1) is 22.1 Å². The molecular weight excluding hydrogens is 286 g/mol. The molecule has 1 rings (SSSR count). The molecule has 5 N–H and O–H groups in total. The molecule has 0 aromatic carbocycles. The maximum atomic E-state index is 11.8. The minimum atomic E-state index is -3.56. The zero-order chi connectivity index (χ0) is 14.5. The van der Waals surface area contributed by atoms with Crippen molar-refractivity contribution in [1.82, 2.24) is 5.32 Å². The van der Waals surface area contributed by atoms with Crippen LogP contribution < -0.4 is 16.2 Å². The Labute approximate surface area is 116 Å². The molecule has 0 aliphatic heterocycles. The number of rotatable bonds is 4. The van der Waals surface area contributed by atoms with E-state index in [4.69, 9.17) is 10.9 Å². The van der Waals surface area contributed by atoms with E-state index >= 15 is 0 Å². The SMILES string of the molecule is Cc1cc(C(=O)NCCS(N)(=O)=O)sc1C#CCN. The highest BCUT2D eigenvalue weighted by Crippen LogP contribution is 2.20. The summed E-state index contributed by atoms with van der Waals surface area (Å²) in [5, 5.41) is 7.33. The van der Waals surface area contributed by atoms with Gasteiger partial charge >= 0.3 is 0 Å². The second kappa shape index (κ2) is 6.68. The summed E-state index contributed by atoms with van der Waals surface area (Å²) >= 11 is 1.24. The number of nitrogens with two attached hydrogens (primary N) is 2. The number of aryl methyl sites for hydroxylation is 1. The van der Waals surface area contributed by atoms with Crippen LogP contribution in [0.5, 0.6) is 0 Å². The summed E-state index contributed by atoms with van der Waals surface area (Å²) in [6.45, 7) is 2.09. The Kier molecular flexibility index (Phi) is 5.50. The van der Waals surface area contributed by atoms with Crippen LogP contribution in [-0.2, 0) is 10.0 Å². The summed E-state index contributed by atoms with van der Waals surface area (Å²) < 4.78 is 21.4. The molecule has 0 aliphatic carbocycles. The maximum Gasteiger partial charge on any atom is 0.261 e.